The van der Waals surface area contributed by atoms with Crippen LogP contribution in [0.4, 0.5) is 0 Å². The maximum Gasteiger partial charge on any atom is -0.00133 e. The zero-order chi connectivity index (χ0) is 11.4. The average Bonchev–Trinajstić information content (AvgIpc) is 2.34. The lowest BCUT2D eigenvalue weighted by Crippen LogP contribution is -2.40. The third-order valence-electron chi connectivity index (χ3n) is 4.06. The molecule has 0 aromatic heterocycles. The van der Waals surface area contributed by atoms with E-state index in [4.69, 9.17) is 0 Å². The smallest absolute Gasteiger partial charge is 0.00133 e. The lowest BCUT2D eigenvalue weighted by Gasteiger charge is -2.41. The summed E-state index contributed by atoms with van der Waals surface area (Å²) >= 11 is 0. The van der Waals surface area contributed by atoms with Gasteiger partial charge in [0.25, 0.3) is 0 Å². The quantitative estimate of drug-likeness (QED) is 0.749. The van der Waals surface area contributed by atoms with Crippen molar-refractivity contribution in [2.24, 2.45) is 0 Å². The molecule has 0 unspecified atom stereocenters. The number of rotatable bonds is 3. The van der Waals surface area contributed by atoms with E-state index in [-0.39, 0.29) is 0 Å². The summed E-state index contributed by atoms with van der Waals surface area (Å²) < 4.78 is 0. The topological polar surface area (TPSA) is 3.24 Å². The van der Waals surface area contributed by atoms with Crippen LogP contribution in [0.1, 0.15) is 38.2 Å². The van der Waals surface area contributed by atoms with E-state index in [2.05, 4.69) is 49.2 Å². The minimum absolute atomic E-state index is 0.461. The van der Waals surface area contributed by atoms with E-state index in [0.717, 1.165) is 0 Å². The molecule has 0 radical (unpaired) electrons. The summed E-state index contributed by atoms with van der Waals surface area (Å²) in [6.07, 6.45) is 5.27. The van der Waals surface area contributed by atoms with Crippen molar-refractivity contribution in [2.45, 2.75) is 38.0 Å². The molecule has 1 saturated heterocycles. The Balaban J connectivity index is 2.22. The van der Waals surface area contributed by atoms with Crippen LogP contribution in [0.25, 0.3) is 0 Å². The standard InChI is InChI=1S/C15H23N/c1-3-9-15(10-12-16(2)13-11-15)14-7-5-4-6-8-14/h4-8H,3,9-13H2,1-2H3. The second-order valence-corrected chi connectivity index (χ2v) is 5.20. The summed E-state index contributed by atoms with van der Waals surface area (Å²) in [5, 5.41) is 0. The summed E-state index contributed by atoms with van der Waals surface area (Å²) in [6.45, 7) is 4.80. The van der Waals surface area contributed by atoms with Crippen LogP contribution in [0.15, 0.2) is 30.3 Å². The maximum absolute atomic E-state index is 2.46. The Morgan fingerprint density at radius 2 is 1.75 bits per heavy atom. The van der Waals surface area contributed by atoms with Gasteiger partial charge in [-0.3, -0.25) is 0 Å². The normalized spacial score (nSPS) is 20.9. The molecular weight excluding hydrogens is 194 g/mol. The molecule has 0 N–H and O–H groups in total. The fraction of sp³-hybridized carbons (Fsp3) is 0.600. The van der Waals surface area contributed by atoms with Gasteiger partial charge in [0.1, 0.15) is 0 Å². The molecule has 1 fully saturated rings. The molecule has 0 bridgehead atoms. The summed E-state index contributed by atoms with van der Waals surface area (Å²) in [6, 6.07) is 11.1. The van der Waals surface area contributed by atoms with E-state index in [9.17, 15) is 0 Å². The number of hydrogen-bond acceptors (Lipinski definition) is 1. The van der Waals surface area contributed by atoms with E-state index in [1.165, 1.54) is 38.8 Å². The van der Waals surface area contributed by atoms with Gasteiger partial charge in [-0.2, -0.15) is 0 Å². The molecule has 0 atom stereocenters. The number of nitrogens with zero attached hydrogens (tertiary/aromatic N) is 1. The van der Waals surface area contributed by atoms with Crippen molar-refractivity contribution in [1.82, 2.24) is 4.90 Å². The van der Waals surface area contributed by atoms with Crippen LogP contribution >= 0.6 is 0 Å². The Hall–Kier alpha value is -0.820. The van der Waals surface area contributed by atoms with E-state index < -0.39 is 0 Å². The molecular formula is C15H23N. The molecule has 16 heavy (non-hydrogen) atoms. The van der Waals surface area contributed by atoms with Crippen LogP contribution in [-0.4, -0.2) is 25.0 Å². The highest BCUT2D eigenvalue weighted by molar-refractivity contribution is 5.26. The van der Waals surface area contributed by atoms with Crippen molar-refractivity contribution in [3.05, 3.63) is 35.9 Å². The first-order chi connectivity index (χ1) is 7.77. The minimum Gasteiger partial charge on any atom is -0.306 e. The average molecular weight is 217 g/mol. The van der Waals surface area contributed by atoms with Crippen molar-refractivity contribution < 1.29 is 0 Å². The molecule has 1 heterocycles. The Kier molecular flexibility index (Phi) is 3.65. The highest BCUT2D eigenvalue weighted by Crippen LogP contribution is 2.39. The molecule has 1 nitrogen and oxygen atoms in total. The fourth-order valence-corrected chi connectivity index (χ4v) is 3.00. The first-order valence-electron chi connectivity index (χ1n) is 6.51. The Morgan fingerprint density at radius 1 is 1.12 bits per heavy atom. The fourth-order valence-electron chi connectivity index (χ4n) is 3.00. The molecule has 1 aromatic rings. The Morgan fingerprint density at radius 3 is 2.31 bits per heavy atom. The molecule has 2 rings (SSSR count). The summed E-state index contributed by atoms with van der Waals surface area (Å²) in [4.78, 5) is 2.46. The van der Waals surface area contributed by atoms with Gasteiger partial charge in [0.05, 0.1) is 0 Å². The maximum atomic E-state index is 2.46. The van der Waals surface area contributed by atoms with Gasteiger partial charge in [0.15, 0.2) is 0 Å². The number of hydrogen-bond donors (Lipinski definition) is 0. The van der Waals surface area contributed by atoms with Gasteiger partial charge in [-0.25, -0.2) is 0 Å². The Labute approximate surface area is 99.5 Å². The highest BCUT2D eigenvalue weighted by atomic mass is 15.1. The number of piperidine rings is 1. The molecule has 1 aliphatic rings. The summed E-state index contributed by atoms with van der Waals surface area (Å²) in [5.74, 6) is 0. The third-order valence-corrected chi connectivity index (χ3v) is 4.06. The van der Waals surface area contributed by atoms with E-state index >= 15 is 0 Å². The Bertz CT molecular complexity index is 309. The first kappa shape index (κ1) is 11.7. The molecule has 1 aliphatic heterocycles. The van der Waals surface area contributed by atoms with Crippen LogP contribution in [0.5, 0.6) is 0 Å². The molecule has 0 spiro atoms. The zero-order valence-corrected chi connectivity index (χ0v) is 10.6. The lowest BCUT2D eigenvalue weighted by atomic mass is 9.70. The van der Waals surface area contributed by atoms with Crippen LogP contribution in [0, 0.1) is 0 Å². The monoisotopic (exact) mass is 217 g/mol. The molecule has 0 aliphatic carbocycles. The number of likely N-dealkylation sites (tertiary alicyclic amines) is 1. The third kappa shape index (κ3) is 2.30. The largest absolute Gasteiger partial charge is 0.306 e. The second kappa shape index (κ2) is 5.01. The second-order valence-electron chi connectivity index (χ2n) is 5.20. The predicted octanol–water partition coefficient (Wildman–Crippen LogP) is 3.45. The molecule has 88 valence electrons. The van der Waals surface area contributed by atoms with Crippen molar-refractivity contribution in [1.29, 1.82) is 0 Å². The summed E-state index contributed by atoms with van der Waals surface area (Å²) in [7, 11) is 2.24. The first-order valence-corrected chi connectivity index (χ1v) is 6.51. The van der Waals surface area contributed by atoms with E-state index in [0.29, 0.717) is 5.41 Å². The van der Waals surface area contributed by atoms with Crippen molar-refractivity contribution in [3.63, 3.8) is 0 Å². The molecule has 1 aromatic carbocycles. The van der Waals surface area contributed by atoms with Gasteiger partial charge < -0.3 is 4.90 Å². The van der Waals surface area contributed by atoms with Gasteiger partial charge in [0, 0.05) is 0 Å². The van der Waals surface area contributed by atoms with Crippen molar-refractivity contribution >= 4 is 0 Å². The molecule has 0 saturated carbocycles. The van der Waals surface area contributed by atoms with Crippen LogP contribution in [-0.2, 0) is 5.41 Å². The molecule has 0 amide bonds. The van der Waals surface area contributed by atoms with Crippen LogP contribution in [0.3, 0.4) is 0 Å². The molecule has 1 heteroatoms. The lowest BCUT2D eigenvalue weighted by molar-refractivity contribution is 0.177. The van der Waals surface area contributed by atoms with Gasteiger partial charge >= 0.3 is 0 Å². The van der Waals surface area contributed by atoms with Gasteiger partial charge in [-0.1, -0.05) is 43.7 Å². The highest BCUT2D eigenvalue weighted by Gasteiger charge is 2.34. The van der Waals surface area contributed by atoms with Gasteiger partial charge in [-0.15, -0.1) is 0 Å². The zero-order valence-electron chi connectivity index (χ0n) is 10.6. The predicted molar refractivity (Wildman–Crippen MR) is 69.8 cm³/mol. The number of benzene rings is 1. The van der Waals surface area contributed by atoms with Crippen LogP contribution < -0.4 is 0 Å². The van der Waals surface area contributed by atoms with Crippen LogP contribution in [0.2, 0.25) is 0 Å². The van der Waals surface area contributed by atoms with Gasteiger partial charge in [-0.05, 0) is 50.4 Å². The van der Waals surface area contributed by atoms with Gasteiger partial charge in [0.2, 0.25) is 0 Å². The minimum atomic E-state index is 0.461. The van der Waals surface area contributed by atoms with E-state index in [1.54, 1.807) is 5.56 Å². The SMILES string of the molecule is CCCC1(c2ccccc2)CCN(C)CC1. The van der Waals surface area contributed by atoms with Crippen molar-refractivity contribution in [2.75, 3.05) is 20.1 Å². The van der Waals surface area contributed by atoms with Crippen molar-refractivity contribution in [3.8, 4) is 0 Å². The summed E-state index contributed by atoms with van der Waals surface area (Å²) in [5.41, 5.74) is 2.02. The van der Waals surface area contributed by atoms with E-state index in [1.807, 2.05) is 0 Å².